The summed E-state index contributed by atoms with van der Waals surface area (Å²) in [5.41, 5.74) is 0. The molecule has 0 aromatic rings. The standard InChI is InChI=1S/C11H24N2O2S/c1-10(2)13(9-8-12-3)16(14,15)11-6-4-5-7-11/h10-12H,4-9H2,1-3H3. The van der Waals surface area contributed by atoms with Crippen LogP contribution in [0.1, 0.15) is 39.5 Å². The SMILES string of the molecule is CNCCN(C(C)C)S(=O)(=O)C1CCCC1. The molecule has 96 valence electrons. The van der Waals surface area contributed by atoms with Crippen molar-refractivity contribution in [3.05, 3.63) is 0 Å². The van der Waals surface area contributed by atoms with Gasteiger partial charge in [-0.2, -0.15) is 4.31 Å². The van der Waals surface area contributed by atoms with Gasteiger partial charge in [-0.25, -0.2) is 8.42 Å². The smallest absolute Gasteiger partial charge is 0.217 e. The number of sulfonamides is 1. The van der Waals surface area contributed by atoms with Crippen molar-refractivity contribution in [2.75, 3.05) is 20.1 Å². The van der Waals surface area contributed by atoms with E-state index in [2.05, 4.69) is 5.32 Å². The first kappa shape index (κ1) is 13.9. The maximum absolute atomic E-state index is 12.4. The molecule has 0 heterocycles. The highest BCUT2D eigenvalue weighted by Crippen LogP contribution is 2.27. The van der Waals surface area contributed by atoms with E-state index in [-0.39, 0.29) is 11.3 Å². The van der Waals surface area contributed by atoms with Crippen LogP contribution in [0.15, 0.2) is 0 Å². The summed E-state index contributed by atoms with van der Waals surface area (Å²) in [5, 5.41) is 2.88. The fraction of sp³-hybridized carbons (Fsp3) is 1.00. The minimum absolute atomic E-state index is 0.0546. The van der Waals surface area contributed by atoms with Crippen molar-refractivity contribution >= 4 is 10.0 Å². The van der Waals surface area contributed by atoms with Crippen LogP contribution >= 0.6 is 0 Å². The molecule has 0 bridgehead atoms. The third-order valence-corrected chi connectivity index (χ3v) is 5.78. The molecule has 0 aliphatic heterocycles. The van der Waals surface area contributed by atoms with Gasteiger partial charge >= 0.3 is 0 Å². The van der Waals surface area contributed by atoms with Crippen molar-refractivity contribution in [1.29, 1.82) is 0 Å². The summed E-state index contributed by atoms with van der Waals surface area (Å²) in [4.78, 5) is 0. The van der Waals surface area contributed by atoms with E-state index in [0.29, 0.717) is 13.1 Å². The predicted molar refractivity (Wildman–Crippen MR) is 66.9 cm³/mol. The molecule has 16 heavy (non-hydrogen) atoms. The maximum Gasteiger partial charge on any atom is 0.217 e. The molecule has 1 N–H and O–H groups in total. The van der Waals surface area contributed by atoms with Gasteiger partial charge in [0.15, 0.2) is 0 Å². The first-order valence-corrected chi connectivity index (χ1v) is 7.65. The fourth-order valence-corrected chi connectivity index (χ4v) is 4.52. The summed E-state index contributed by atoms with van der Waals surface area (Å²) in [5.74, 6) is 0. The Bertz CT molecular complexity index is 295. The zero-order valence-electron chi connectivity index (χ0n) is 10.6. The van der Waals surface area contributed by atoms with Crippen molar-refractivity contribution in [3.63, 3.8) is 0 Å². The quantitative estimate of drug-likeness (QED) is 0.768. The molecule has 0 radical (unpaired) electrons. The summed E-state index contributed by atoms with van der Waals surface area (Å²) in [6.07, 6.45) is 3.79. The molecule has 1 aliphatic carbocycles. The molecule has 0 amide bonds. The first-order valence-electron chi connectivity index (χ1n) is 6.15. The van der Waals surface area contributed by atoms with E-state index < -0.39 is 10.0 Å². The molecule has 5 heteroatoms. The van der Waals surface area contributed by atoms with E-state index in [0.717, 1.165) is 25.7 Å². The van der Waals surface area contributed by atoms with E-state index in [1.807, 2.05) is 20.9 Å². The third-order valence-electron chi connectivity index (χ3n) is 3.21. The Morgan fingerprint density at radius 2 is 1.88 bits per heavy atom. The van der Waals surface area contributed by atoms with Gasteiger partial charge in [-0.1, -0.05) is 12.8 Å². The first-order chi connectivity index (χ1) is 7.50. The normalized spacial score (nSPS) is 18.8. The summed E-state index contributed by atoms with van der Waals surface area (Å²) in [6, 6.07) is 0.0546. The lowest BCUT2D eigenvalue weighted by Crippen LogP contribution is -2.44. The van der Waals surface area contributed by atoms with Crippen LogP contribution in [0.25, 0.3) is 0 Å². The number of nitrogens with one attached hydrogen (secondary N) is 1. The van der Waals surface area contributed by atoms with Gasteiger partial charge in [0.1, 0.15) is 0 Å². The Morgan fingerprint density at radius 1 is 1.31 bits per heavy atom. The molecule has 4 nitrogen and oxygen atoms in total. The van der Waals surface area contributed by atoms with Crippen LogP contribution in [-0.4, -0.2) is 44.2 Å². The van der Waals surface area contributed by atoms with E-state index in [1.54, 1.807) is 4.31 Å². The number of nitrogens with zero attached hydrogens (tertiary/aromatic N) is 1. The average molecular weight is 248 g/mol. The van der Waals surface area contributed by atoms with Gasteiger partial charge in [0, 0.05) is 19.1 Å². The Hall–Kier alpha value is -0.130. The lowest BCUT2D eigenvalue weighted by Gasteiger charge is -2.28. The zero-order valence-corrected chi connectivity index (χ0v) is 11.4. The summed E-state index contributed by atoms with van der Waals surface area (Å²) < 4.78 is 26.4. The second-order valence-corrected chi connectivity index (χ2v) is 6.93. The average Bonchev–Trinajstić information content (AvgIpc) is 2.70. The molecule has 0 spiro atoms. The maximum atomic E-state index is 12.4. The minimum Gasteiger partial charge on any atom is -0.318 e. The molecule has 0 atom stereocenters. The number of hydrogen-bond donors (Lipinski definition) is 1. The molecule has 1 rings (SSSR count). The third kappa shape index (κ3) is 3.18. The number of likely N-dealkylation sites (N-methyl/N-ethyl adjacent to an activating group) is 1. The van der Waals surface area contributed by atoms with Gasteiger partial charge < -0.3 is 5.32 Å². The van der Waals surface area contributed by atoms with Gasteiger partial charge in [-0.05, 0) is 33.7 Å². The summed E-state index contributed by atoms with van der Waals surface area (Å²) in [7, 11) is -1.23. The van der Waals surface area contributed by atoms with Gasteiger partial charge in [0.2, 0.25) is 10.0 Å². The van der Waals surface area contributed by atoms with Crippen molar-refractivity contribution in [3.8, 4) is 0 Å². The van der Waals surface area contributed by atoms with Crippen molar-refractivity contribution in [1.82, 2.24) is 9.62 Å². The molecule has 0 aromatic heterocycles. The van der Waals surface area contributed by atoms with Crippen molar-refractivity contribution in [2.24, 2.45) is 0 Å². The van der Waals surface area contributed by atoms with Crippen LogP contribution in [0.4, 0.5) is 0 Å². The van der Waals surface area contributed by atoms with Crippen molar-refractivity contribution < 1.29 is 8.42 Å². The Kier molecular flexibility index (Phi) is 5.21. The lowest BCUT2D eigenvalue weighted by atomic mass is 10.4. The van der Waals surface area contributed by atoms with E-state index >= 15 is 0 Å². The molecule has 1 saturated carbocycles. The highest BCUT2D eigenvalue weighted by molar-refractivity contribution is 7.89. The topological polar surface area (TPSA) is 49.4 Å². The largest absolute Gasteiger partial charge is 0.318 e. The predicted octanol–water partition coefficient (Wildman–Crippen LogP) is 1.19. The van der Waals surface area contributed by atoms with E-state index in [9.17, 15) is 8.42 Å². The molecule has 0 saturated heterocycles. The van der Waals surface area contributed by atoms with Gasteiger partial charge in [-0.15, -0.1) is 0 Å². The van der Waals surface area contributed by atoms with Crippen molar-refractivity contribution in [2.45, 2.75) is 50.8 Å². The highest BCUT2D eigenvalue weighted by Gasteiger charge is 2.34. The molecule has 1 fully saturated rings. The lowest BCUT2D eigenvalue weighted by molar-refractivity contribution is 0.348. The zero-order chi connectivity index (χ0) is 12.2. The second-order valence-electron chi connectivity index (χ2n) is 4.76. The van der Waals surface area contributed by atoms with Crippen LogP contribution in [0.5, 0.6) is 0 Å². The number of rotatable bonds is 6. The van der Waals surface area contributed by atoms with Crippen LogP contribution in [0.2, 0.25) is 0 Å². The van der Waals surface area contributed by atoms with Crippen LogP contribution in [-0.2, 0) is 10.0 Å². The van der Waals surface area contributed by atoms with Gasteiger partial charge in [-0.3, -0.25) is 0 Å². The van der Waals surface area contributed by atoms with Crippen LogP contribution in [0.3, 0.4) is 0 Å². The second kappa shape index (κ2) is 5.98. The molecule has 0 unspecified atom stereocenters. The monoisotopic (exact) mass is 248 g/mol. The van der Waals surface area contributed by atoms with Crippen LogP contribution < -0.4 is 5.32 Å². The minimum atomic E-state index is -3.08. The Balaban J connectivity index is 2.74. The highest BCUT2D eigenvalue weighted by atomic mass is 32.2. The molecular formula is C11H24N2O2S. The number of hydrogen-bond acceptors (Lipinski definition) is 3. The fourth-order valence-electron chi connectivity index (χ4n) is 2.28. The Morgan fingerprint density at radius 3 is 2.31 bits per heavy atom. The van der Waals surface area contributed by atoms with Crippen LogP contribution in [0, 0.1) is 0 Å². The van der Waals surface area contributed by atoms with E-state index in [4.69, 9.17) is 0 Å². The molecular weight excluding hydrogens is 224 g/mol. The van der Waals surface area contributed by atoms with Gasteiger partial charge in [0.05, 0.1) is 5.25 Å². The van der Waals surface area contributed by atoms with Gasteiger partial charge in [0.25, 0.3) is 0 Å². The summed E-state index contributed by atoms with van der Waals surface area (Å²) in [6.45, 7) is 5.18. The Labute approximate surface area is 99.5 Å². The summed E-state index contributed by atoms with van der Waals surface area (Å²) >= 11 is 0. The van der Waals surface area contributed by atoms with E-state index in [1.165, 1.54) is 0 Å². The molecule has 0 aromatic carbocycles. The molecule has 1 aliphatic rings.